The molecule has 0 amide bonds. The second-order valence-corrected chi connectivity index (χ2v) is 5.36. The molecule has 1 heteroatoms. The van der Waals surface area contributed by atoms with Crippen LogP contribution in [0, 0.1) is 0 Å². The van der Waals surface area contributed by atoms with E-state index in [1.54, 1.807) is 0 Å². The monoisotopic (exact) mass is 216 g/mol. The molecule has 1 aliphatic carbocycles. The summed E-state index contributed by atoms with van der Waals surface area (Å²) in [7, 11) is 0. The molecule has 0 aromatic heterocycles. The van der Waals surface area contributed by atoms with Gasteiger partial charge in [0, 0.05) is 12.0 Å². The highest BCUT2D eigenvalue weighted by atomic mass is 16.1. The van der Waals surface area contributed by atoms with Crippen molar-refractivity contribution < 1.29 is 4.79 Å². The van der Waals surface area contributed by atoms with E-state index in [2.05, 4.69) is 39.8 Å². The van der Waals surface area contributed by atoms with Gasteiger partial charge in [0.2, 0.25) is 0 Å². The van der Waals surface area contributed by atoms with Gasteiger partial charge in [-0.15, -0.1) is 0 Å². The molecule has 1 aromatic rings. The largest absolute Gasteiger partial charge is 0.294 e. The molecular formula is C15H20O. The fraction of sp³-hybridized carbons (Fsp3) is 0.533. The molecule has 0 radical (unpaired) electrons. The highest BCUT2D eigenvalue weighted by molar-refractivity contribution is 6.02. The number of hydrogen-bond donors (Lipinski definition) is 0. The lowest BCUT2D eigenvalue weighted by atomic mass is 9.84. The van der Waals surface area contributed by atoms with Gasteiger partial charge in [0.05, 0.1) is 0 Å². The van der Waals surface area contributed by atoms with Crippen LogP contribution in [0.5, 0.6) is 0 Å². The van der Waals surface area contributed by atoms with Gasteiger partial charge in [-0.1, -0.05) is 33.8 Å². The third-order valence-corrected chi connectivity index (χ3v) is 3.73. The summed E-state index contributed by atoms with van der Waals surface area (Å²) >= 11 is 0. The lowest BCUT2D eigenvalue weighted by molar-refractivity contribution is 0.0979. The van der Waals surface area contributed by atoms with Crippen LogP contribution in [0.3, 0.4) is 0 Å². The summed E-state index contributed by atoms with van der Waals surface area (Å²) in [5, 5.41) is 0. The Morgan fingerprint density at radius 3 is 2.25 bits per heavy atom. The first-order valence-electron chi connectivity index (χ1n) is 6.19. The van der Waals surface area contributed by atoms with E-state index < -0.39 is 0 Å². The van der Waals surface area contributed by atoms with Crippen molar-refractivity contribution in [3.63, 3.8) is 0 Å². The second kappa shape index (κ2) is 3.73. The number of carbonyl (C=O) groups is 1. The van der Waals surface area contributed by atoms with Crippen molar-refractivity contribution in [2.45, 2.75) is 52.4 Å². The molecule has 1 aliphatic rings. The van der Waals surface area contributed by atoms with Crippen molar-refractivity contribution in [2.24, 2.45) is 0 Å². The maximum Gasteiger partial charge on any atom is 0.164 e. The first-order valence-corrected chi connectivity index (χ1v) is 6.19. The van der Waals surface area contributed by atoms with Gasteiger partial charge in [0.1, 0.15) is 0 Å². The van der Waals surface area contributed by atoms with Crippen LogP contribution in [0.2, 0.25) is 0 Å². The standard InChI is InChI=1S/C15H20O/c1-5-10-7-12-13(8-11(10)6-2)15(3,4)9-14(12)16/h7-8H,5-6,9H2,1-4H3. The van der Waals surface area contributed by atoms with Crippen LogP contribution < -0.4 is 0 Å². The van der Waals surface area contributed by atoms with Crippen molar-refractivity contribution in [3.8, 4) is 0 Å². The molecule has 1 nitrogen and oxygen atoms in total. The zero-order chi connectivity index (χ0) is 11.9. The van der Waals surface area contributed by atoms with Crippen molar-refractivity contribution >= 4 is 5.78 Å². The van der Waals surface area contributed by atoms with Gasteiger partial charge in [0.25, 0.3) is 0 Å². The predicted molar refractivity (Wildman–Crippen MR) is 67.2 cm³/mol. The Morgan fingerprint density at radius 1 is 1.12 bits per heavy atom. The predicted octanol–water partition coefficient (Wildman–Crippen LogP) is 3.68. The number of rotatable bonds is 2. The molecule has 0 saturated carbocycles. The number of aryl methyl sites for hydroxylation is 2. The highest BCUT2D eigenvalue weighted by Crippen LogP contribution is 2.39. The van der Waals surface area contributed by atoms with Gasteiger partial charge < -0.3 is 0 Å². The van der Waals surface area contributed by atoms with Gasteiger partial charge >= 0.3 is 0 Å². The van der Waals surface area contributed by atoms with Gasteiger partial charge in [0.15, 0.2) is 5.78 Å². The van der Waals surface area contributed by atoms with E-state index in [1.807, 2.05) is 0 Å². The molecule has 2 rings (SSSR count). The van der Waals surface area contributed by atoms with Crippen LogP contribution in [-0.4, -0.2) is 5.78 Å². The zero-order valence-corrected chi connectivity index (χ0v) is 10.7. The fourth-order valence-corrected chi connectivity index (χ4v) is 2.73. The summed E-state index contributed by atoms with van der Waals surface area (Å²) < 4.78 is 0. The van der Waals surface area contributed by atoms with Crippen LogP contribution in [0.1, 0.15) is 61.2 Å². The van der Waals surface area contributed by atoms with Crippen LogP contribution in [0.4, 0.5) is 0 Å². The smallest absolute Gasteiger partial charge is 0.164 e. The van der Waals surface area contributed by atoms with E-state index in [9.17, 15) is 4.79 Å². The normalized spacial score (nSPS) is 17.6. The lowest BCUT2D eigenvalue weighted by Gasteiger charge is -2.19. The van der Waals surface area contributed by atoms with E-state index in [1.165, 1.54) is 16.7 Å². The van der Waals surface area contributed by atoms with E-state index in [0.717, 1.165) is 18.4 Å². The van der Waals surface area contributed by atoms with Crippen LogP contribution in [-0.2, 0) is 18.3 Å². The van der Waals surface area contributed by atoms with Crippen molar-refractivity contribution in [3.05, 3.63) is 34.4 Å². The zero-order valence-electron chi connectivity index (χ0n) is 10.7. The summed E-state index contributed by atoms with van der Waals surface area (Å²) in [4.78, 5) is 11.9. The lowest BCUT2D eigenvalue weighted by Crippen LogP contribution is -2.13. The topological polar surface area (TPSA) is 17.1 Å². The first-order chi connectivity index (χ1) is 7.49. The number of ketones is 1. The molecule has 0 N–H and O–H groups in total. The molecule has 1 aromatic carbocycles. The Labute approximate surface area is 97.9 Å². The Bertz CT molecular complexity index is 441. The Hall–Kier alpha value is -1.11. The minimum atomic E-state index is 0.0304. The van der Waals surface area contributed by atoms with Gasteiger partial charge in [-0.25, -0.2) is 0 Å². The highest BCUT2D eigenvalue weighted by Gasteiger charge is 2.36. The molecule has 16 heavy (non-hydrogen) atoms. The maximum atomic E-state index is 11.9. The van der Waals surface area contributed by atoms with Gasteiger partial charge in [-0.2, -0.15) is 0 Å². The van der Waals surface area contributed by atoms with E-state index in [0.29, 0.717) is 12.2 Å². The Balaban J connectivity index is 2.64. The SMILES string of the molecule is CCc1cc2c(cc1CC)C(C)(C)CC2=O. The van der Waals surface area contributed by atoms with Crippen LogP contribution in [0.15, 0.2) is 12.1 Å². The number of benzene rings is 1. The number of carbonyl (C=O) groups excluding carboxylic acids is 1. The summed E-state index contributed by atoms with van der Waals surface area (Å²) in [5.41, 5.74) is 5.00. The second-order valence-electron chi connectivity index (χ2n) is 5.36. The van der Waals surface area contributed by atoms with Crippen LogP contribution >= 0.6 is 0 Å². The number of fused-ring (bicyclic) bond motifs is 1. The molecule has 0 saturated heterocycles. The summed E-state index contributed by atoms with van der Waals surface area (Å²) in [6, 6.07) is 4.39. The van der Waals surface area contributed by atoms with Crippen molar-refractivity contribution in [1.82, 2.24) is 0 Å². The summed E-state index contributed by atoms with van der Waals surface area (Å²) in [6.45, 7) is 8.68. The molecule has 0 fully saturated rings. The van der Waals surface area contributed by atoms with Gasteiger partial charge in [-0.05, 0) is 41.0 Å². The summed E-state index contributed by atoms with van der Waals surface area (Å²) in [6.07, 6.45) is 2.74. The minimum Gasteiger partial charge on any atom is -0.294 e. The van der Waals surface area contributed by atoms with E-state index in [4.69, 9.17) is 0 Å². The Kier molecular flexibility index (Phi) is 2.65. The third kappa shape index (κ3) is 1.59. The minimum absolute atomic E-state index is 0.0304. The molecular weight excluding hydrogens is 196 g/mol. The van der Waals surface area contributed by atoms with Gasteiger partial charge in [-0.3, -0.25) is 4.79 Å². The molecule has 0 aliphatic heterocycles. The number of Topliss-reactive ketones (excluding diaryl/α,β-unsaturated/α-hetero) is 1. The fourth-order valence-electron chi connectivity index (χ4n) is 2.73. The quantitative estimate of drug-likeness (QED) is 0.737. The molecule has 0 spiro atoms. The van der Waals surface area contributed by atoms with Crippen molar-refractivity contribution in [1.29, 1.82) is 0 Å². The molecule has 86 valence electrons. The van der Waals surface area contributed by atoms with E-state index >= 15 is 0 Å². The average molecular weight is 216 g/mol. The summed E-state index contributed by atoms with van der Waals surface area (Å²) in [5.74, 6) is 0.317. The average Bonchev–Trinajstić information content (AvgIpc) is 2.47. The van der Waals surface area contributed by atoms with E-state index in [-0.39, 0.29) is 5.41 Å². The molecule has 0 atom stereocenters. The maximum absolute atomic E-state index is 11.9. The van der Waals surface area contributed by atoms with Crippen molar-refractivity contribution in [2.75, 3.05) is 0 Å². The Morgan fingerprint density at radius 2 is 1.69 bits per heavy atom. The molecule has 0 unspecified atom stereocenters. The third-order valence-electron chi connectivity index (χ3n) is 3.73. The molecule has 0 bridgehead atoms. The van der Waals surface area contributed by atoms with Crippen LogP contribution in [0.25, 0.3) is 0 Å². The first kappa shape index (κ1) is 11.4. The number of hydrogen-bond acceptors (Lipinski definition) is 1. The molecule has 0 heterocycles.